The van der Waals surface area contributed by atoms with Crippen LogP contribution in [0.25, 0.3) is 10.9 Å². The molecular weight excluding hydrogens is 438 g/mol. The number of ether oxygens (including phenoxy) is 2. The zero-order valence-electron chi connectivity index (χ0n) is 20.6. The molecule has 1 amide bonds. The molecule has 6 heteroatoms. The number of rotatable bonds is 9. The number of methoxy groups -OCH3 is 2. The number of amides is 1. The monoisotopic (exact) mass is 469 g/mol. The smallest absolute Gasteiger partial charge is 0.252 e. The van der Waals surface area contributed by atoms with Gasteiger partial charge in [-0.3, -0.25) is 4.79 Å². The molecule has 2 N–H and O–H groups in total. The van der Waals surface area contributed by atoms with Crippen molar-refractivity contribution in [3.05, 3.63) is 89.5 Å². The summed E-state index contributed by atoms with van der Waals surface area (Å²) in [6.07, 6.45) is 0.669. The number of hydrogen-bond acceptors (Lipinski definition) is 5. The maximum absolute atomic E-state index is 13.2. The normalized spacial score (nSPS) is 10.9. The van der Waals surface area contributed by atoms with E-state index in [1.807, 2.05) is 60.7 Å². The first-order chi connectivity index (χ1) is 17.0. The van der Waals surface area contributed by atoms with Gasteiger partial charge in [-0.1, -0.05) is 50.2 Å². The lowest BCUT2D eigenvalue weighted by Crippen LogP contribution is -2.26. The van der Waals surface area contributed by atoms with E-state index in [-0.39, 0.29) is 5.91 Å². The van der Waals surface area contributed by atoms with Crippen molar-refractivity contribution in [2.45, 2.75) is 26.2 Å². The molecule has 35 heavy (non-hydrogen) atoms. The molecule has 6 nitrogen and oxygen atoms in total. The molecule has 0 aliphatic carbocycles. The highest BCUT2D eigenvalue weighted by atomic mass is 16.5. The van der Waals surface area contributed by atoms with Gasteiger partial charge in [-0.2, -0.15) is 0 Å². The Labute approximate surface area is 206 Å². The van der Waals surface area contributed by atoms with E-state index < -0.39 is 0 Å². The summed E-state index contributed by atoms with van der Waals surface area (Å²) in [6, 6.07) is 23.6. The van der Waals surface area contributed by atoms with Crippen LogP contribution in [-0.4, -0.2) is 31.7 Å². The zero-order chi connectivity index (χ0) is 24.8. The van der Waals surface area contributed by atoms with Crippen LogP contribution in [0.4, 0.5) is 11.5 Å². The molecule has 0 spiro atoms. The van der Waals surface area contributed by atoms with E-state index in [9.17, 15) is 4.79 Å². The molecule has 0 unspecified atom stereocenters. The van der Waals surface area contributed by atoms with Gasteiger partial charge in [-0.15, -0.1) is 0 Å². The minimum absolute atomic E-state index is 0.137. The summed E-state index contributed by atoms with van der Waals surface area (Å²) < 4.78 is 10.7. The number of aromatic nitrogens is 1. The van der Waals surface area contributed by atoms with Crippen molar-refractivity contribution in [2.75, 3.05) is 26.1 Å². The molecule has 0 aliphatic rings. The Balaban J connectivity index is 1.51. The number of anilines is 2. The second kappa shape index (κ2) is 10.9. The molecule has 4 aromatic rings. The van der Waals surface area contributed by atoms with Crippen LogP contribution >= 0.6 is 0 Å². The summed E-state index contributed by atoms with van der Waals surface area (Å²) in [5, 5.41) is 7.21. The van der Waals surface area contributed by atoms with Crippen LogP contribution in [0, 0.1) is 0 Å². The maximum atomic E-state index is 13.2. The lowest BCUT2D eigenvalue weighted by atomic mass is 10.0. The van der Waals surface area contributed by atoms with Gasteiger partial charge in [0.25, 0.3) is 5.91 Å². The van der Waals surface area contributed by atoms with Crippen molar-refractivity contribution < 1.29 is 14.3 Å². The van der Waals surface area contributed by atoms with Gasteiger partial charge in [0, 0.05) is 17.6 Å². The van der Waals surface area contributed by atoms with Crippen molar-refractivity contribution in [3.63, 3.8) is 0 Å². The van der Waals surface area contributed by atoms with Gasteiger partial charge in [-0.25, -0.2) is 4.98 Å². The molecule has 0 saturated carbocycles. The summed E-state index contributed by atoms with van der Waals surface area (Å²) in [4.78, 5) is 17.9. The van der Waals surface area contributed by atoms with Crippen molar-refractivity contribution in [3.8, 4) is 11.5 Å². The first kappa shape index (κ1) is 24.1. The molecule has 4 rings (SSSR count). The van der Waals surface area contributed by atoms with Gasteiger partial charge in [0.2, 0.25) is 0 Å². The fraction of sp³-hybridized carbons (Fsp3) is 0.241. The van der Waals surface area contributed by atoms with Gasteiger partial charge in [-0.05, 0) is 59.9 Å². The Morgan fingerprint density at radius 2 is 1.66 bits per heavy atom. The second-order valence-electron chi connectivity index (χ2n) is 8.67. The van der Waals surface area contributed by atoms with Crippen LogP contribution in [-0.2, 0) is 6.42 Å². The highest BCUT2D eigenvalue weighted by Gasteiger charge is 2.13. The third kappa shape index (κ3) is 5.72. The average molecular weight is 470 g/mol. The Morgan fingerprint density at radius 1 is 0.914 bits per heavy atom. The number of fused-ring (bicyclic) bond motifs is 1. The van der Waals surface area contributed by atoms with Gasteiger partial charge in [0.1, 0.15) is 5.82 Å². The maximum Gasteiger partial charge on any atom is 0.252 e. The number of pyridine rings is 1. The number of para-hydroxylation sites is 1. The number of carbonyl (C=O) groups is 1. The van der Waals surface area contributed by atoms with Crippen LogP contribution in [0.2, 0.25) is 0 Å². The van der Waals surface area contributed by atoms with Crippen LogP contribution in [0.15, 0.2) is 72.8 Å². The van der Waals surface area contributed by atoms with Gasteiger partial charge < -0.3 is 20.1 Å². The van der Waals surface area contributed by atoms with E-state index >= 15 is 0 Å². The summed E-state index contributed by atoms with van der Waals surface area (Å²) >= 11 is 0. The van der Waals surface area contributed by atoms with Crippen LogP contribution < -0.4 is 20.1 Å². The number of benzene rings is 3. The van der Waals surface area contributed by atoms with E-state index in [0.717, 1.165) is 22.2 Å². The van der Waals surface area contributed by atoms with Crippen LogP contribution in [0.1, 0.15) is 41.3 Å². The summed E-state index contributed by atoms with van der Waals surface area (Å²) in [5.74, 6) is 2.32. The fourth-order valence-electron chi connectivity index (χ4n) is 3.98. The molecular formula is C29H31N3O3. The predicted octanol–water partition coefficient (Wildman–Crippen LogP) is 6.09. The predicted molar refractivity (Wildman–Crippen MR) is 141 cm³/mol. The van der Waals surface area contributed by atoms with E-state index in [1.54, 1.807) is 14.2 Å². The Bertz CT molecular complexity index is 1320. The topological polar surface area (TPSA) is 72.5 Å². The molecule has 180 valence electrons. The minimum Gasteiger partial charge on any atom is -0.493 e. The molecule has 0 atom stereocenters. The quantitative estimate of drug-likeness (QED) is 0.310. The number of carbonyl (C=O) groups excluding carboxylic acids is 1. The SMILES string of the molecule is COc1ccc(CCNC(=O)c2cc(Nc3ccc(C(C)C)cc3)nc3ccccc23)cc1OC. The molecule has 0 bridgehead atoms. The largest absolute Gasteiger partial charge is 0.493 e. The number of nitrogens with one attached hydrogen (secondary N) is 2. The first-order valence-corrected chi connectivity index (χ1v) is 11.7. The van der Waals surface area contributed by atoms with Crippen LogP contribution in [0.3, 0.4) is 0 Å². The highest BCUT2D eigenvalue weighted by Crippen LogP contribution is 2.28. The summed E-state index contributed by atoms with van der Waals surface area (Å²) in [7, 11) is 3.23. The molecule has 1 aromatic heterocycles. The lowest BCUT2D eigenvalue weighted by molar-refractivity contribution is 0.0955. The third-order valence-corrected chi connectivity index (χ3v) is 5.96. The van der Waals surface area contributed by atoms with Crippen molar-refractivity contribution in [1.82, 2.24) is 10.3 Å². The molecule has 0 aliphatic heterocycles. The lowest BCUT2D eigenvalue weighted by Gasteiger charge is -2.13. The first-order valence-electron chi connectivity index (χ1n) is 11.7. The standard InChI is InChI=1S/C29H31N3O3/c1-19(2)21-10-12-22(13-11-21)31-28-18-24(23-7-5-6-8-25(23)32-28)29(33)30-16-15-20-9-14-26(34-3)27(17-20)35-4/h5-14,17-19H,15-16H2,1-4H3,(H,30,33)(H,31,32). The van der Waals surface area contributed by atoms with Crippen LogP contribution in [0.5, 0.6) is 11.5 Å². The molecule has 1 heterocycles. The molecule has 0 fully saturated rings. The van der Waals surface area contributed by atoms with Crippen molar-refractivity contribution >= 4 is 28.3 Å². The van der Waals surface area contributed by atoms with E-state index in [1.165, 1.54) is 5.56 Å². The number of nitrogens with zero attached hydrogens (tertiary/aromatic N) is 1. The van der Waals surface area contributed by atoms with Gasteiger partial charge in [0.15, 0.2) is 11.5 Å². The Morgan fingerprint density at radius 3 is 2.37 bits per heavy atom. The van der Waals surface area contributed by atoms with Gasteiger partial charge in [0.05, 0.1) is 25.3 Å². The third-order valence-electron chi connectivity index (χ3n) is 5.96. The van der Waals surface area contributed by atoms with E-state index in [4.69, 9.17) is 14.5 Å². The van der Waals surface area contributed by atoms with E-state index in [0.29, 0.717) is 41.8 Å². The zero-order valence-corrected chi connectivity index (χ0v) is 20.6. The molecule has 0 radical (unpaired) electrons. The summed E-state index contributed by atoms with van der Waals surface area (Å²) in [6.45, 7) is 4.83. The Hall–Kier alpha value is -4.06. The average Bonchev–Trinajstić information content (AvgIpc) is 2.88. The summed E-state index contributed by atoms with van der Waals surface area (Å²) in [5.41, 5.74) is 4.61. The van der Waals surface area contributed by atoms with Crippen molar-refractivity contribution in [1.29, 1.82) is 0 Å². The minimum atomic E-state index is -0.137. The molecule has 3 aromatic carbocycles. The second-order valence-corrected chi connectivity index (χ2v) is 8.67. The highest BCUT2D eigenvalue weighted by molar-refractivity contribution is 6.07. The molecule has 0 saturated heterocycles. The van der Waals surface area contributed by atoms with E-state index in [2.05, 4.69) is 36.6 Å². The van der Waals surface area contributed by atoms with Crippen molar-refractivity contribution in [2.24, 2.45) is 0 Å². The fourth-order valence-corrected chi connectivity index (χ4v) is 3.98. The number of hydrogen-bond donors (Lipinski definition) is 2. The van der Waals surface area contributed by atoms with Gasteiger partial charge >= 0.3 is 0 Å². The Kier molecular flexibility index (Phi) is 7.51.